The highest BCUT2D eigenvalue weighted by molar-refractivity contribution is 5.71. The molecule has 0 saturated heterocycles. The van der Waals surface area contributed by atoms with E-state index < -0.39 is 5.69 Å². The van der Waals surface area contributed by atoms with E-state index in [0.717, 1.165) is 11.1 Å². The van der Waals surface area contributed by atoms with Crippen LogP contribution in [0, 0.1) is 0 Å². The molecule has 8 heteroatoms. The molecule has 0 aliphatic heterocycles. The van der Waals surface area contributed by atoms with Crippen LogP contribution in [0.1, 0.15) is 27.7 Å². The van der Waals surface area contributed by atoms with Crippen molar-refractivity contribution in [1.82, 2.24) is 23.6 Å². The third-order valence-electron chi connectivity index (χ3n) is 4.34. The van der Waals surface area contributed by atoms with Crippen molar-refractivity contribution < 1.29 is 4.74 Å². The highest BCUT2D eigenvalue weighted by atomic mass is 16.5. The average molecular weight is 337 g/mol. The first-order chi connectivity index (χ1) is 11.2. The molecule has 0 bridgehead atoms. The van der Waals surface area contributed by atoms with Gasteiger partial charge in [0, 0.05) is 39.8 Å². The average Bonchev–Trinajstić information content (AvgIpc) is 2.83. The Kier molecular flexibility index (Phi) is 5.17. The van der Waals surface area contributed by atoms with Gasteiger partial charge >= 0.3 is 5.69 Å². The number of imidazole rings is 1. The maximum absolute atomic E-state index is 12.3. The number of rotatable bonds is 6. The second kappa shape index (κ2) is 6.80. The first kappa shape index (κ1) is 18.3. The Morgan fingerprint density at radius 1 is 1.00 bits per heavy atom. The Morgan fingerprint density at radius 2 is 1.58 bits per heavy atom. The fourth-order valence-electron chi connectivity index (χ4n) is 2.98. The molecule has 2 rings (SSSR count). The first-order valence-electron chi connectivity index (χ1n) is 8.17. The van der Waals surface area contributed by atoms with Crippen molar-refractivity contribution in [3.05, 3.63) is 20.8 Å². The number of ether oxygens (including phenoxy) is 1. The minimum Gasteiger partial charge on any atom is -0.463 e. The molecule has 0 amide bonds. The summed E-state index contributed by atoms with van der Waals surface area (Å²) in [7, 11) is 4.78. The molecule has 0 fully saturated rings. The molecule has 0 atom stereocenters. The summed E-state index contributed by atoms with van der Waals surface area (Å²) in [5.74, 6) is 0. The smallest absolute Gasteiger partial charge is 0.332 e. The minimum absolute atomic E-state index is 0.338. The molecular weight excluding hydrogens is 310 g/mol. The van der Waals surface area contributed by atoms with Crippen LogP contribution in [0.2, 0.25) is 0 Å². The largest absolute Gasteiger partial charge is 0.463 e. The Balaban J connectivity index is 2.30. The molecular formula is C16H27N5O3. The number of nitrogens with zero attached hydrogens (tertiary/aromatic N) is 5. The molecule has 2 heterocycles. The number of aryl methyl sites for hydroxylation is 2. The fourth-order valence-corrected chi connectivity index (χ4v) is 2.98. The van der Waals surface area contributed by atoms with Crippen LogP contribution < -0.4 is 16.0 Å². The van der Waals surface area contributed by atoms with Crippen LogP contribution in [0.15, 0.2) is 9.59 Å². The van der Waals surface area contributed by atoms with Crippen molar-refractivity contribution >= 4 is 11.2 Å². The Morgan fingerprint density at radius 3 is 2.12 bits per heavy atom. The molecule has 0 saturated carbocycles. The number of hydrogen-bond acceptors (Lipinski definition) is 5. The number of aromatic nitrogens is 4. The molecule has 0 aliphatic rings. The van der Waals surface area contributed by atoms with Crippen molar-refractivity contribution in [3.8, 4) is 6.01 Å². The summed E-state index contributed by atoms with van der Waals surface area (Å²) in [5, 5.41) is 0. The van der Waals surface area contributed by atoms with E-state index in [1.54, 1.807) is 18.7 Å². The predicted octanol–water partition coefficient (Wildman–Crippen LogP) is 0.468. The van der Waals surface area contributed by atoms with Crippen molar-refractivity contribution in [1.29, 1.82) is 0 Å². The van der Waals surface area contributed by atoms with Gasteiger partial charge in [-0.05, 0) is 27.7 Å². The summed E-state index contributed by atoms with van der Waals surface area (Å²) in [6.07, 6.45) is 0. The lowest BCUT2D eigenvalue weighted by atomic mass is 10.2. The van der Waals surface area contributed by atoms with Gasteiger partial charge in [0.15, 0.2) is 11.2 Å². The monoisotopic (exact) mass is 337 g/mol. The second-order valence-corrected chi connectivity index (χ2v) is 6.61. The SMILES string of the molecule is CC(C)N(CCOc1nc2c(c(=O)n(C)c(=O)n2C)n1C)C(C)C. The normalized spacial score (nSPS) is 12.1. The van der Waals surface area contributed by atoms with Crippen molar-refractivity contribution in [2.75, 3.05) is 13.2 Å². The summed E-state index contributed by atoms with van der Waals surface area (Å²) in [5.41, 5.74) is -0.0729. The third kappa shape index (κ3) is 3.10. The van der Waals surface area contributed by atoms with E-state index in [-0.39, 0.29) is 5.56 Å². The summed E-state index contributed by atoms with van der Waals surface area (Å²) in [6.45, 7) is 9.81. The van der Waals surface area contributed by atoms with E-state index in [1.165, 1.54) is 11.6 Å². The van der Waals surface area contributed by atoms with Crippen LogP contribution in [0.25, 0.3) is 11.2 Å². The van der Waals surface area contributed by atoms with Gasteiger partial charge < -0.3 is 4.74 Å². The van der Waals surface area contributed by atoms with E-state index in [1.807, 2.05) is 0 Å². The molecule has 2 aromatic heterocycles. The van der Waals surface area contributed by atoms with Gasteiger partial charge in [0.05, 0.1) is 0 Å². The zero-order chi connectivity index (χ0) is 18.2. The number of hydrogen-bond donors (Lipinski definition) is 0. The van der Waals surface area contributed by atoms with E-state index in [9.17, 15) is 9.59 Å². The van der Waals surface area contributed by atoms with Crippen LogP contribution >= 0.6 is 0 Å². The lowest BCUT2D eigenvalue weighted by Crippen LogP contribution is -2.39. The highest BCUT2D eigenvalue weighted by Crippen LogP contribution is 2.15. The zero-order valence-corrected chi connectivity index (χ0v) is 15.5. The number of fused-ring (bicyclic) bond motifs is 1. The Bertz CT molecular complexity index is 836. The quantitative estimate of drug-likeness (QED) is 0.766. The molecule has 0 aromatic carbocycles. The van der Waals surface area contributed by atoms with Gasteiger partial charge in [-0.3, -0.25) is 23.4 Å². The van der Waals surface area contributed by atoms with Crippen molar-refractivity contribution in [2.45, 2.75) is 39.8 Å². The molecule has 0 radical (unpaired) electrons. The molecule has 0 aliphatic carbocycles. The van der Waals surface area contributed by atoms with Crippen LogP contribution in [-0.4, -0.2) is 48.8 Å². The zero-order valence-electron chi connectivity index (χ0n) is 15.5. The standard InChI is InChI=1S/C16H27N5O3/c1-10(2)21(11(3)4)8-9-24-15-17-13-12(18(15)5)14(22)20(7)16(23)19(13)6/h10-11H,8-9H2,1-7H3. The predicted molar refractivity (Wildman–Crippen MR) is 93.7 cm³/mol. The van der Waals surface area contributed by atoms with Gasteiger partial charge in [0.2, 0.25) is 0 Å². The molecule has 24 heavy (non-hydrogen) atoms. The van der Waals surface area contributed by atoms with E-state index in [4.69, 9.17) is 4.74 Å². The first-order valence-corrected chi connectivity index (χ1v) is 8.17. The van der Waals surface area contributed by atoms with Gasteiger partial charge in [-0.2, -0.15) is 4.98 Å². The molecule has 0 N–H and O–H groups in total. The van der Waals surface area contributed by atoms with Crippen molar-refractivity contribution in [2.24, 2.45) is 21.1 Å². The summed E-state index contributed by atoms with van der Waals surface area (Å²) < 4.78 is 9.83. The Hall–Kier alpha value is -2.09. The summed E-state index contributed by atoms with van der Waals surface area (Å²) in [4.78, 5) is 31.0. The summed E-state index contributed by atoms with van der Waals surface area (Å²) in [6, 6.07) is 1.18. The lowest BCUT2D eigenvalue weighted by Gasteiger charge is -2.30. The van der Waals surface area contributed by atoms with Gasteiger partial charge in [-0.15, -0.1) is 0 Å². The lowest BCUT2D eigenvalue weighted by molar-refractivity contribution is 0.137. The van der Waals surface area contributed by atoms with Crippen LogP contribution in [-0.2, 0) is 21.1 Å². The van der Waals surface area contributed by atoms with Gasteiger partial charge in [-0.1, -0.05) is 0 Å². The van der Waals surface area contributed by atoms with E-state index >= 15 is 0 Å². The maximum atomic E-state index is 12.3. The summed E-state index contributed by atoms with van der Waals surface area (Å²) >= 11 is 0. The van der Waals surface area contributed by atoms with Crippen molar-refractivity contribution in [3.63, 3.8) is 0 Å². The highest BCUT2D eigenvalue weighted by Gasteiger charge is 2.18. The molecule has 0 unspecified atom stereocenters. The Labute approximate surface area is 141 Å². The van der Waals surface area contributed by atoms with Gasteiger partial charge in [0.25, 0.3) is 11.6 Å². The molecule has 0 spiro atoms. The topological polar surface area (TPSA) is 74.3 Å². The molecule has 8 nitrogen and oxygen atoms in total. The second-order valence-electron chi connectivity index (χ2n) is 6.61. The van der Waals surface area contributed by atoms with Crippen LogP contribution in [0.3, 0.4) is 0 Å². The van der Waals surface area contributed by atoms with Gasteiger partial charge in [0.1, 0.15) is 6.61 Å². The molecule has 134 valence electrons. The van der Waals surface area contributed by atoms with Crippen LogP contribution in [0.5, 0.6) is 6.01 Å². The third-order valence-corrected chi connectivity index (χ3v) is 4.34. The van der Waals surface area contributed by atoms with Crippen LogP contribution in [0.4, 0.5) is 0 Å². The van der Waals surface area contributed by atoms with Gasteiger partial charge in [-0.25, -0.2) is 4.79 Å². The minimum atomic E-state index is -0.400. The molecule has 2 aromatic rings. The van der Waals surface area contributed by atoms with E-state index in [2.05, 4.69) is 37.6 Å². The fraction of sp³-hybridized carbons (Fsp3) is 0.688. The maximum Gasteiger partial charge on any atom is 0.332 e. The van der Waals surface area contributed by atoms with E-state index in [0.29, 0.717) is 35.9 Å².